The summed E-state index contributed by atoms with van der Waals surface area (Å²) in [5.41, 5.74) is 2.20. The van der Waals surface area contributed by atoms with Crippen molar-refractivity contribution < 1.29 is 9.59 Å². The highest BCUT2D eigenvalue weighted by atomic mass is 32.2. The van der Waals surface area contributed by atoms with E-state index < -0.39 is 0 Å². The summed E-state index contributed by atoms with van der Waals surface area (Å²) in [6.45, 7) is 2.88. The van der Waals surface area contributed by atoms with E-state index in [0.29, 0.717) is 35.9 Å². The van der Waals surface area contributed by atoms with Gasteiger partial charge in [-0.2, -0.15) is 0 Å². The molecule has 0 unspecified atom stereocenters. The maximum atomic E-state index is 12.5. The number of amides is 2. The smallest absolute Gasteiger partial charge is 0.261 e. The standard InChI is InChI=1S/C23H23N3O3S2/c27-20-8-3-7-19-16-11-15(13-26(19)20)12-24(14-16)23(30)31-10-4-9-25-21(28)17-5-1-2-6-18(17)22(25)29/h1-3,5-8,15-16H,4,9-14H2/t15-,16-/m1/s1. The molecular weight excluding hydrogens is 430 g/mol. The predicted octanol–water partition coefficient (Wildman–Crippen LogP) is 2.97. The summed E-state index contributed by atoms with van der Waals surface area (Å²) in [7, 11) is 0. The first-order chi connectivity index (χ1) is 15.0. The van der Waals surface area contributed by atoms with Gasteiger partial charge in [0.2, 0.25) is 0 Å². The third kappa shape index (κ3) is 3.72. The molecule has 160 valence electrons. The highest BCUT2D eigenvalue weighted by molar-refractivity contribution is 8.22. The summed E-state index contributed by atoms with van der Waals surface area (Å²) < 4.78 is 2.79. The SMILES string of the molecule is O=C1c2ccccc2C(=O)N1CCCSC(=S)N1C[C@H]2C[C@H](C1)c1cccc(=O)n1C2. The number of imide groups is 1. The molecule has 1 aromatic carbocycles. The fourth-order valence-corrected chi connectivity index (χ4v) is 6.14. The van der Waals surface area contributed by atoms with Gasteiger partial charge in [-0.1, -0.05) is 42.2 Å². The molecule has 0 radical (unpaired) electrons. The number of aromatic nitrogens is 1. The molecule has 0 aliphatic carbocycles. The lowest BCUT2D eigenvalue weighted by molar-refractivity contribution is 0.0655. The summed E-state index contributed by atoms with van der Waals surface area (Å²) in [4.78, 5) is 40.7. The van der Waals surface area contributed by atoms with Crippen molar-refractivity contribution in [3.63, 3.8) is 0 Å². The van der Waals surface area contributed by atoms with E-state index in [0.717, 1.165) is 41.8 Å². The molecule has 5 rings (SSSR count). The first-order valence-corrected chi connectivity index (χ1v) is 12.0. The van der Waals surface area contributed by atoms with Crippen molar-refractivity contribution in [1.29, 1.82) is 0 Å². The molecular formula is C23H23N3O3S2. The van der Waals surface area contributed by atoms with Crippen LogP contribution in [0.1, 0.15) is 45.2 Å². The summed E-state index contributed by atoms with van der Waals surface area (Å²) >= 11 is 7.32. The van der Waals surface area contributed by atoms with Crippen molar-refractivity contribution in [3.8, 4) is 0 Å². The zero-order valence-electron chi connectivity index (χ0n) is 17.0. The molecule has 0 spiro atoms. The third-order valence-corrected chi connectivity index (χ3v) is 7.98. The normalized spacial score (nSPS) is 21.8. The molecule has 31 heavy (non-hydrogen) atoms. The number of pyridine rings is 1. The molecule has 0 saturated carbocycles. The Hall–Kier alpha value is -2.45. The third-order valence-electron chi connectivity index (χ3n) is 6.37. The Labute approximate surface area is 190 Å². The van der Waals surface area contributed by atoms with E-state index in [9.17, 15) is 14.4 Å². The summed E-state index contributed by atoms with van der Waals surface area (Å²) in [5.74, 6) is 1.12. The lowest BCUT2D eigenvalue weighted by Gasteiger charge is -2.43. The second-order valence-electron chi connectivity index (χ2n) is 8.38. The molecule has 1 saturated heterocycles. The van der Waals surface area contributed by atoms with Crippen molar-refractivity contribution in [2.75, 3.05) is 25.4 Å². The molecule has 8 heteroatoms. The largest absolute Gasteiger partial charge is 0.357 e. The highest BCUT2D eigenvalue weighted by Gasteiger charge is 2.36. The summed E-state index contributed by atoms with van der Waals surface area (Å²) in [6.07, 6.45) is 1.81. The molecule has 1 fully saturated rings. The van der Waals surface area contributed by atoms with E-state index >= 15 is 0 Å². The number of hydrogen-bond acceptors (Lipinski definition) is 5. The van der Waals surface area contributed by atoms with Gasteiger partial charge in [-0.05, 0) is 37.0 Å². The van der Waals surface area contributed by atoms with E-state index in [2.05, 4.69) is 11.0 Å². The van der Waals surface area contributed by atoms with Crippen molar-refractivity contribution in [3.05, 3.63) is 69.6 Å². The maximum Gasteiger partial charge on any atom is 0.261 e. The fourth-order valence-electron chi connectivity index (χ4n) is 4.96. The number of thiocarbonyl (C=S) groups is 1. The average molecular weight is 454 g/mol. The van der Waals surface area contributed by atoms with E-state index in [1.807, 2.05) is 10.6 Å². The van der Waals surface area contributed by atoms with Crippen LogP contribution >= 0.6 is 24.0 Å². The molecule has 0 N–H and O–H groups in total. The second kappa shape index (κ2) is 8.24. The van der Waals surface area contributed by atoms with E-state index in [4.69, 9.17) is 12.2 Å². The highest BCUT2D eigenvalue weighted by Crippen LogP contribution is 2.36. The van der Waals surface area contributed by atoms with E-state index in [1.165, 1.54) is 4.90 Å². The van der Waals surface area contributed by atoms with Crippen LogP contribution < -0.4 is 5.56 Å². The number of nitrogens with zero attached hydrogens (tertiary/aromatic N) is 3. The number of fused-ring (bicyclic) bond motifs is 5. The van der Waals surface area contributed by atoms with Gasteiger partial charge >= 0.3 is 0 Å². The number of benzene rings is 1. The Morgan fingerprint density at radius 3 is 2.45 bits per heavy atom. The van der Waals surface area contributed by atoms with Gasteiger partial charge in [-0.15, -0.1) is 0 Å². The van der Waals surface area contributed by atoms with Crippen molar-refractivity contribution in [2.45, 2.75) is 25.3 Å². The topological polar surface area (TPSA) is 62.6 Å². The molecule has 2 aromatic rings. The maximum absolute atomic E-state index is 12.5. The van der Waals surface area contributed by atoms with Crippen LogP contribution in [0.15, 0.2) is 47.3 Å². The van der Waals surface area contributed by atoms with Crippen LogP contribution in [0.25, 0.3) is 0 Å². The van der Waals surface area contributed by atoms with E-state index in [-0.39, 0.29) is 17.4 Å². The molecule has 2 atom stereocenters. The van der Waals surface area contributed by atoms with Gasteiger partial charge in [0, 0.05) is 49.6 Å². The number of carbonyl (C=O) groups is 2. The van der Waals surface area contributed by atoms with Gasteiger partial charge < -0.3 is 9.47 Å². The predicted molar refractivity (Wildman–Crippen MR) is 125 cm³/mol. The number of thioether (sulfide) groups is 1. The fraction of sp³-hybridized carbons (Fsp3) is 0.391. The second-order valence-corrected chi connectivity index (χ2v) is 10.1. The van der Waals surface area contributed by atoms with Crippen LogP contribution in [0.5, 0.6) is 0 Å². The number of likely N-dealkylation sites (tertiary alicyclic amines) is 1. The lowest BCUT2D eigenvalue weighted by atomic mass is 9.83. The molecule has 3 aliphatic rings. The number of rotatable bonds is 4. The first-order valence-electron chi connectivity index (χ1n) is 10.6. The minimum absolute atomic E-state index is 0.0887. The molecule has 4 heterocycles. The summed E-state index contributed by atoms with van der Waals surface area (Å²) in [6, 6.07) is 12.5. The Kier molecular flexibility index (Phi) is 5.44. The average Bonchev–Trinajstić information content (AvgIpc) is 3.02. The monoisotopic (exact) mass is 453 g/mol. The number of hydrogen-bond donors (Lipinski definition) is 0. The number of piperidine rings is 1. The van der Waals surface area contributed by atoms with Gasteiger partial charge in [-0.3, -0.25) is 19.3 Å². The van der Waals surface area contributed by atoms with Gasteiger partial charge in [0.05, 0.1) is 11.1 Å². The van der Waals surface area contributed by atoms with Gasteiger partial charge in [0.15, 0.2) is 0 Å². The van der Waals surface area contributed by atoms with Crippen LogP contribution in [0.2, 0.25) is 0 Å². The number of carbonyl (C=O) groups excluding carboxylic acids is 2. The molecule has 3 aliphatic heterocycles. The molecule has 2 amide bonds. The molecule has 2 bridgehead atoms. The van der Waals surface area contributed by atoms with Crippen molar-refractivity contribution >= 4 is 40.1 Å². The van der Waals surface area contributed by atoms with Crippen LogP contribution in [0, 0.1) is 5.92 Å². The van der Waals surface area contributed by atoms with Gasteiger partial charge in [-0.25, -0.2) is 0 Å². The van der Waals surface area contributed by atoms with Gasteiger partial charge in [0.1, 0.15) is 4.32 Å². The zero-order valence-corrected chi connectivity index (χ0v) is 18.7. The molecule has 1 aromatic heterocycles. The minimum atomic E-state index is -0.203. The lowest BCUT2D eigenvalue weighted by Crippen LogP contribution is -2.48. The van der Waals surface area contributed by atoms with Crippen LogP contribution in [0.4, 0.5) is 0 Å². The van der Waals surface area contributed by atoms with Crippen molar-refractivity contribution in [1.82, 2.24) is 14.4 Å². The first kappa shape index (κ1) is 20.5. The van der Waals surface area contributed by atoms with Crippen LogP contribution in [0.3, 0.4) is 0 Å². The Morgan fingerprint density at radius 1 is 0.968 bits per heavy atom. The van der Waals surface area contributed by atoms with Crippen molar-refractivity contribution in [2.24, 2.45) is 5.92 Å². The zero-order chi connectivity index (χ0) is 21.5. The Morgan fingerprint density at radius 2 is 1.71 bits per heavy atom. The minimum Gasteiger partial charge on any atom is -0.357 e. The van der Waals surface area contributed by atoms with Gasteiger partial charge in [0.25, 0.3) is 17.4 Å². The van der Waals surface area contributed by atoms with Crippen LogP contribution in [-0.2, 0) is 6.54 Å². The Bertz CT molecular complexity index is 1090. The molecule has 6 nitrogen and oxygen atoms in total. The van der Waals surface area contributed by atoms with Crippen LogP contribution in [-0.4, -0.2) is 55.9 Å². The summed E-state index contributed by atoms with van der Waals surface area (Å²) in [5, 5.41) is 0. The van der Waals surface area contributed by atoms with E-state index in [1.54, 1.807) is 42.1 Å². The quantitative estimate of drug-likeness (QED) is 0.403. The Balaban J connectivity index is 1.14.